The van der Waals surface area contributed by atoms with E-state index in [0.717, 1.165) is 35.6 Å². The molecule has 1 saturated heterocycles. The predicted octanol–water partition coefficient (Wildman–Crippen LogP) is 2.91. The van der Waals surface area contributed by atoms with E-state index in [1.807, 2.05) is 24.3 Å². The van der Waals surface area contributed by atoms with Crippen molar-refractivity contribution in [3.05, 3.63) is 30.0 Å². The van der Waals surface area contributed by atoms with E-state index < -0.39 is 0 Å². The molecule has 1 fully saturated rings. The molecule has 0 unspecified atom stereocenters. The van der Waals surface area contributed by atoms with E-state index >= 15 is 0 Å². The molecule has 0 aliphatic carbocycles. The number of benzene rings is 1. The highest BCUT2D eigenvalue weighted by Gasteiger charge is 2.22. The lowest BCUT2D eigenvalue weighted by Gasteiger charge is -2.34. The second-order valence-corrected chi connectivity index (χ2v) is 6.20. The largest absolute Gasteiger partial charge is 0.355 e. The van der Waals surface area contributed by atoms with Crippen LogP contribution in [-0.2, 0) is 0 Å². The summed E-state index contributed by atoms with van der Waals surface area (Å²) in [6.45, 7) is 8.60. The number of aryl methyl sites for hydroxylation is 1. The fraction of sp³-hybridized carbons (Fsp3) is 0.529. The Bertz CT molecular complexity index is 615. The first-order chi connectivity index (χ1) is 10.1. The van der Waals surface area contributed by atoms with Crippen molar-refractivity contribution in [1.29, 1.82) is 0 Å². The third-order valence-electron chi connectivity index (χ3n) is 4.08. The van der Waals surface area contributed by atoms with Crippen molar-refractivity contribution >= 4 is 16.9 Å². The number of para-hydroxylation sites is 2. The normalized spacial score (nSPS) is 16.9. The summed E-state index contributed by atoms with van der Waals surface area (Å²) in [6.07, 6.45) is 2.35. The van der Waals surface area contributed by atoms with Crippen LogP contribution in [0.15, 0.2) is 24.3 Å². The highest BCUT2D eigenvalue weighted by Crippen LogP contribution is 2.23. The maximum atomic E-state index is 4.83. The Morgan fingerprint density at radius 3 is 2.33 bits per heavy atom. The van der Waals surface area contributed by atoms with Gasteiger partial charge in [0.1, 0.15) is 0 Å². The van der Waals surface area contributed by atoms with Crippen LogP contribution < -0.4 is 10.2 Å². The summed E-state index contributed by atoms with van der Waals surface area (Å²) in [4.78, 5) is 11.9. The number of anilines is 1. The summed E-state index contributed by atoms with van der Waals surface area (Å²) >= 11 is 0. The van der Waals surface area contributed by atoms with Crippen molar-refractivity contribution in [2.75, 3.05) is 18.0 Å². The van der Waals surface area contributed by atoms with E-state index in [4.69, 9.17) is 9.97 Å². The number of fused-ring (bicyclic) bond motifs is 1. The fourth-order valence-electron chi connectivity index (χ4n) is 3.11. The number of piperidine rings is 1. The van der Waals surface area contributed by atoms with Gasteiger partial charge in [0.15, 0.2) is 5.82 Å². The van der Waals surface area contributed by atoms with Crippen LogP contribution in [0.3, 0.4) is 0 Å². The van der Waals surface area contributed by atoms with E-state index in [1.165, 1.54) is 12.8 Å². The second kappa shape index (κ2) is 5.98. The van der Waals surface area contributed by atoms with Crippen LogP contribution in [0.5, 0.6) is 0 Å². The standard InChI is InChI=1S/C17H24N4/c1-12(2)18-14-8-10-21(11-9-14)17-13(3)19-15-6-4-5-7-16(15)20-17/h4-7,12,14,18H,8-11H2,1-3H3. The lowest BCUT2D eigenvalue weighted by molar-refractivity contribution is 0.386. The Morgan fingerprint density at radius 1 is 1.10 bits per heavy atom. The van der Waals surface area contributed by atoms with Gasteiger partial charge in [-0.25, -0.2) is 9.97 Å². The molecule has 0 amide bonds. The van der Waals surface area contributed by atoms with Crippen LogP contribution in [0.1, 0.15) is 32.4 Å². The van der Waals surface area contributed by atoms with Crippen LogP contribution in [0.2, 0.25) is 0 Å². The van der Waals surface area contributed by atoms with Gasteiger partial charge in [0.25, 0.3) is 0 Å². The zero-order valence-corrected chi connectivity index (χ0v) is 13.1. The third-order valence-corrected chi connectivity index (χ3v) is 4.08. The number of aromatic nitrogens is 2. The molecule has 2 aromatic rings. The van der Waals surface area contributed by atoms with Crippen molar-refractivity contribution in [3.63, 3.8) is 0 Å². The molecule has 21 heavy (non-hydrogen) atoms. The Morgan fingerprint density at radius 2 is 1.71 bits per heavy atom. The first kappa shape index (κ1) is 14.3. The summed E-state index contributed by atoms with van der Waals surface area (Å²) in [7, 11) is 0. The molecule has 1 aliphatic rings. The molecule has 0 radical (unpaired) electrons. The molecule has 2 heterocycles. The van der Waals surface area contributed by atoms with Crippen LogP contribution in [-0.4, -0.2) is 35.1 Å². The SMILES string of the molecule is Cc1nc2ccccc2nc1N1CCC(NC(C)C)CC1. The van der Waals surface area contributed by atoms with Crippen molar-refractivity contribution in [2.24, 2.45) is 0 Å². The number of hydrogen-bond acceptors (Lipinski definition) is 4. The fourth-order valence-corrected chi connectivity index (χ4v) is 3.11. The highest BCUT2D eigenvalue weighted by molar-refractivity contribution is 5.76. The molecule has 1 aromatic heterocycles. The topological polar surface area (TPSA) is 41.1 Å². The summed E-state index contributed by atoms with van der Waals surface area (Å²) in [5.41, 5.74) is 3.00. The average Bonchev–Trinajstić information content (AvgIpc) is 2.47. The molecule has 0 atom stereocenters. The van der Waals surface area contributed by atoms with Gasteiger partial charge in [-0.3, -0.25) is 0 Å². The highest BCUT2D eigenvalue weighted by atomic mass is 15.2. The van der Waals surface area contributed by atoms with Gasteiger partial charge in [0.2, 0.25) is 0 Å². The molecule has 0 bridgehead atoms. The Kier molecular flexibility index (Phi) is 4.06. The average molecular weight is 284 g/mol. The van der Waals surface area contributed by atoms with Gasteiger partial charge in [0.05, 0.1) is 16.7 Å². The van der Waals surface area contributed by atoms with Gasteiger partial charge in [-0.05, 0) is 31.9 Å². The van der Waals surface area contributed by atoms with E-state index in [9.17, 15) is 0 Å². The van der Waals surface area contributed by atoms with Crippen LogP contribution in [0.4, 0.5) is 5.82 Å². The summed E-state index contributed by atoms with van der Waals surface area (Å²) in [5.74, 6) is 1.05. The first-order valence-corrected chi connectivity index (χ1v) is 7.88. The molecule has 4 heteroatoms. The summed E-state index contributed by atoms with van der Waals surface area (Å²) in [6, 6.07) is 9.29. The quantitative estimate of drug-likeness (QED) is 0.941. The van der Waals surface area contributed by atoms with Gasteiger partial charge in [-0.15, -0.1) is 0 Å². The molecule has 4 nitrogen and oxygen atoms in total. The maximum absolute atomic E-state index is 4.83. The van der Waals surface area contributed by atoms with Crippen LogP contribution in [0.25, 0.3) is 11.0 Å². The first-order valence-electron chi connectivity index (χ1n) is 7.88. The minimum atomic E-state index is 0.559. The number of nitrogens with one attached hydrogen (secondary N) is 1. The smallest absolute Gasteiger partial charge is 0.150 e. The van der Waals surface area contributed by atoms with Gasteiger partial charge >= 0.3 is 0 Å². The Hall–Kier alpha value is -1.68. The lowest BCUT2D eigenvalue weighted by atomic mass is 10.0. The van der Waals surface area contributed by atoms with Crippen molar-refractivity contribution in [1.82, 2.24) is 15.3 Å². The molecule has 0 saturated carbocycles. The molecule has 1 aliphatic heterocycles. The predicted molar refractivity (Wildman–Crippen MR) is 87.8 cm³/mol. The Balaban J connectivity index is 1.77. The van der Waals surface area contributed by atoms with Crippen LogP contribution >= 0.6 is 0 Å². The van der Waals surface area contributed by atoms with E-state index in [-0.39, 0.29) is 0 Å². The molecule has 1 N–H and O–H groups in total. The molecule has 0 spiro atoms. The zero-order valence-electron chi connectivity index (χ0n) is 13.1. The van der Waals surface area contributed by atoms with Gasteiger partial charge in [0, 0.05) is 25.2 Å². The zero-order chi connectivity index (χ0) is 14.8. The van der Waals surface area contributed by atoms with Crippen molar-refractivity contribution < 1.29 is 0 Å². The molecule has 1 aromatic carbocycles. The number of hydrogen-bond donors (Lipinski definition) is 1. The van der Waals surface area contributed by atoms with E-state index in [1.54, 1.807) is 0 Å². The lowest BCUT2D eigenvalue weighted by Crippen LogP contribution is -2.45. The number of nitrogens with zero attached hydrogens (tertiary/aromatic N) is 3. The Labute approximate surface area is 126 Å². The van der Waals surface area contributed by atoms with Crippen molar-refractivity contribution in [3.8, 4) is 0 Å². The summed E-state index contributed by atoms with van der Waals surface area (Å²) in [5, 5.41) is 3.64. The van der Waals surface area contributed by atoms with E-state index in [2.05, 4.69) is 31.0 Å². The van der Waals surface area contributed by atoms with Gasteiger partial charge < -0.3 is 10.2 Å². The van der Waals surface area contributed by atoms with E-state index in [0.29, 0.717) is 12.1 Å². The molecule has 3 rings (SSSR count). The molecular weight excluding hydrogens is 260 g/mol. The minimum Gasteiger partial charge on any atom is -0.355 e. The second-order valence-electron chi connectivity index (χ2n) is 6.20. The monoisotopic (exact) mass is 284 g/mol. The minimum absolute atomic E-state index is 0.559. The molecule has 112 valence electrons. The van der Waals surface area contributed by atoms with Gasteiger partial charge in [-0.2, -0.15) is 0 Å². The maximum Gasteiger partial charge on any atom is 0.150 e. The number of rotatable bonds is 3. The van der Waals surface area contributed by atoms with Crippen LogP contribution in [0, 0.1) is 6.92 Å². The third kappa shape index (κ3) is 3.16. The van der Waals surface area contributed by atoms with Gasteiger partial charge in [-0.1, -0.05) is 26.0 Å². The molecular formula is C17H24N4. The summed E-state index contributed by atoms with van der Waals surface area (Å²) < 4.78 is 0. The van der Waals surface area contributed by atoms with Crippen molar-refractivity contribution in [2.45, 2.75) is 45.7 Å².